The van der Waals surface area contributed by atoms with E-state index in [1.54, 1.807) is 0 Å². The Morgan fingerprint density at radius 3 is 2.33 bits per heavy atom. The highest BCUT2D eigenvalue weighted by Crippen LogP contribution is 2.39. The number of ether oxygens (including phenoxy) is 1. The number of carbonyl (C=O) groups is 1. The fourth-order valence-electron chi connectivity index (χ4n) is 3.36. The number of fused-ring (bicyclic) bond motifs is 1. The van der Waals surface area contributed by atoms with Crippen molar-refractivity contribution in [1.82, 2.24) is 5.32 Å². The molecule has 0 aliphatic heterocycles. The first-order valence-corrected chi connectivity index (χ1v) is 9.28. The molecular formula is C23H28N2O2. The van der Waals surface area contributed by atoms with Gasteiger partial charge in [-0.25, -0.2) is 4.79 Å². The summed E-state index contributed by atoms with van der Waals surface area (Å²) in [4.78, 5) is 14.6. The lowest BCUT2D eigenvalue weighted by Gasteiger charge is -2.32. The van der Waals surface area contributed by atoms with Crippen LogP contribution in [0.25, 0.3) is 6.08 Å². The number of rotatable bonds is 3. The summed E-state index contributed by atoms with van der Waals surface area (Å²) >= 11 is 0. The second kappa shape index (κ2) is 7.47. The molecule has 0 heterocycles. The highest BCUT2D eigenvalue weighted by atomic mass is 16.6. The maximum Gasteiger partial charge on any atom is 0.408 e. The number of hydrogen-bond donors (Lipinski definition) is 1. The molecule has 1 amide bonds. The lowest BCUT2D eigenvalue weighted by atomic mass is 9.81. The average Bonchev–Trinajstić information content (AvgIpc) is 2.60. The molecule has 0 saturated heterocycles. The largest absolute Gasteiger partial charge is 0.444 e. The number of amides is 1. The van der Waals surface area contributed by atoms with E-state index in [-0.39, 0.29) is 12.0 Å². The molecular weight excluding hydrogens is 336 g/mol. The molecule has 0 aromatic heterocycles. The number of nitrogens with zero attached hydrogens (tertiary/aromatic N) is 1. The van der Waals surface area contributed by atoms with Crippen LogP contribution in [0.2, 0.25) is 0 Å². The summed E-state index contributed by atoms with van der Waals surface area (Å²) in [6.07, 6.45) is 3.90. The molecule has 4 nitrogen and oxygen atoms in total. The monoisotopic (exact) mass is 364 g/mol. The first kappa shape index (κ1) is 19.0. The van der Waals surface area contributed by atoms with E-state index in [1.165, 1.54) is 0 Å². The van der Waals surface area contributed by atoms with Crippen LogP contribution in [0.3, 0.4) is 0 Å². The molecule has 0 bridgehead atoms. The summed E-state index contributed by atoms with van der Waals surface area (Å²) in [5, 5.41) is 3.09. The van der Waals surface area contributed by atoms with E-state index in [0.717, 1.165) is 22.4 Å². The van der Waals surface area contributed by atoms with Gasteiger partial charge in [-0.05, 0) is 49.6 Å². The molecule has 3 rings (SSSR count). The predicted molar refractivity (Wildman–Crippen MR) is 111 cm³/mol. The van der Waals surface area contributed by atoms with Crippen molar-refractivity contribution in [3.05, 3.63) is 71.3 Å². The van der Waals surface area contributed by atoms with Gasteiger partial charge in [0.25, 0.3) is 0 Å². The highest BCUT2D eigenvalue weighted by Gasteiger charge is 2.30. The van der Waals surface area contributed by atoms with Crippen LogP contribution >= 0.6 is 0 Å². The molecule has 27 heavy (non-hydrogen) atoms. The zero-order chi connectivity index (χ0) is 19.6. The van der Waals surface area contributed by atoms with E-state index in [4.69, 9.17) is 4.74 Å². The molecule has 0 fully saturated rings. The van der Waals surface area contributed by atoms with Crippen molar-refractivity contribution in [2.24, 2.45) is 0 Å². The third-order valence-corrected chi connectivity index (χ3v) is 4.64. The third-order valence-electron chi connectivity index (χ3n) is 4.64. The minimum Gasteiger partial charge on any atom is -0.444 e. The number of nitrogens with one attached hydrogen (secondary N) is 1. The Bertz CT molecular complexity index is 832. The van der Waals surface area contributed by atoms with Gasteiger partial charge < -0.3 is 15.0 Å². The molecule has 1 N–H and O–H groups in total. The van der Waals surface area contributed by atoms with Gasteiger partial charge in [-0.1, -0.05) is 48.6 Å². The molecule has 0 unspecified atom stereocenters. The number of benzene rings is 2. The van der Waals surface area contributed by atoms with Crippen LogP contribution in [0.1, 0.15) is 49.4 Å². The minimum atomic E-state index is -0.531. The summed E-state index contributed by atoms with van der Waals surface area (Å²) in [7, 11) is 4.05. The molecule has 0 spiro atoms. The van der Waals surface area contributed by atoms with E-state index < -0.39 is 11.7 Å². The Labute approximate surface area is 161 Å². The normalized spacial score (nSPS) is 18.6. The molecule has 0 radical (unpaired) electrons. The summed E-state index contributed by atoms with van der Waals surface area (Å²) < 4.78 is 5.51. The van der Waals surface area contributed by atoms with Gasteiger partial charge in [-0.15, -0.1) is 0 Å². The van der Waals surface area contributed by atoms with Gasteiger partial charge in [0.05, 0.1) is 6.04 Å². The van der Waals surface area contributed by atoms with Gasteiger partial charge in [0.1, 0.15) is 5.60 Å². The number of anilines is 1. The van der Waals surface area contributed by atoms with Gasteiger partial charge in [-0.2, -0.15) is 0 Å². The van der Waals surface area contributed by atoms with Crippen LogP contribution in [-0.2, 0) is 4.74 Å². The van der Waals surface area contributed by atoms with Gasteiger partial charge in [0.15, 0.2) is 0 Å². The average molecular weight is 364 g/mol. The molecule has 2 aromatic rings. The van der Waals surface area contributed by atoms with Crippen molar-refractivity contribution in [3.8, 4) is 0 Å². The van der Waals surface area contributed by atoms with Gasteiger partial charge >= 0.3 is 6.09 Å². The summed E-state index contributed by atoms with van der Waals surface area (Å²) in [5.41, 5.74) is 4.01. The molecule has 4 heteroatoms. The Balaban J connectivity index is 1.93. The molecule has 0 saturated carbocycles. The van der Waals surface area contributed by atoms with Crippen molar-refractivity contribution in [2.75, 3.05) is 19.0 Å². The van der Waals surface area contributed by atoms with E-state index in [0.29, 0.717) is 0 Å². The van der Waals surface area contributed by atoms with Crippen molar-refractivity contribution >= 4 is 17.9 Å². The van der Waals surface area contributed by atoms with E-state index in [9.17, 15) is 4.79 Å². The smallest absolute Gasteiger partial charge is 0.408 e. The Hall–Kier alpha value is -2.75. The van der Waals surface area contributed by atoms with Crippen LogP contribution in [0.5, 0.6) is 0 Å². The van der Waals surface area contributed by atoms with Gasteiger partial charge in [0, 0.05) is 25.7 Å². The quantitative estimate of drug-likeness (QED) is 0.821. The summed E-state index contributed by atoms with van der Waals surface area (Å²) in [6, 6.07) is 16.5. The topological polar surface area (TPSA) is 41.6 Å². The second-order valence-corrected chi connectivity index (χ2v) is 8.12. The van der Waals surface area contributed by atoms with Crippen LogP contribution in [0.4, 0.5) is 10.5 Å². The molecule has 1 aliphatic carbocycles. The first-order valence-electron chi connectivity index (χ1n) is 9.28. The van der Waals surface area contributed by atoms with Crippen LogP contribution in [0.15, 0.2) is 54.6 Å². The molecule has 1 aliphatic rings. The second-order valence-electron chi connectivity index (χ2n) is 8.12. The number of hydrogen-bond acceptors (Lipinski definition) is 3. The van der Waals surface area contributed by atoms with Crippen LogP contribution < -0.4 is 10.2 Å². The van der Waals surface area contributed by atoms with Crippen LogP contribution in [-0.4, -0.2) is 25.8 Å². The zero-order valence-corrected chi connectivity index (χ0v) is 16.7. The Morgan fingerprint density at radius 2 is 1.70 bits per heavy atom. The van der Waals surface area contributed by atoms with Crippen molar-refractivity contribution in [1.29, 1.82) is 0 Å². The highest BCUT2D eigenvalue weighted by molar-refractivity contribution is 5.71. The van der Waals surface area contributed by atoms with Gasteiger partial charge in [0.2, 0.25) is 0 Å². The maximum absolute atomic E-state index is 12.5. The zero-order valence-electron chi connectivity index (χ0n) is 16.7. The first-order chi connectivity index (χ1) is 12.7. The summed E-state index contributed by atoms with van der Waals surface area (Å²) in [5.74, 6) is 0.0450. The lowest BCUT2D eigenvalue weighted by Crippen LogP contribution is -2.37. The van der Waals surface area contributed by atoms with Gasteiger partial charge in [-0.3, -0.25) is 0 Å². The third kappa shape index (κ3) is 4.51. The Kier molecular flexibility index (Phi) is 5.26. The SMILES string of the molecule is CN(C)c1ccc([C@H]2C=Cc3ccccc3[C@@H]2NC(=O)OC(C)(C)C)cc1. The lowest BCUT2D eigenvalue weighted by molar-refractivity contribution is 0.0499. The predicted octanol–water partition coefficient (Wildman–Crippen LogP) is 5.13. The summed E-state index contributed by atoms with van der Waals surface area (Å²) in [6.45, 7) is 5.62. The van der Waals surface area contributed by atoms with Crippen LogP contribution in [0, 0.1) is 0 Å². The fourth-order valence-corrected chi connectivity index (χ4v) is 3.36. The Morgan fingerprint density at radius 1 is 1.04 bits per heavy atom. The number of alkyl carbamates (subject to hydrolysis) is 1. The van der Waals surface area contributed by atoms with Crippen molar-refractivity contribution < 1.29 is 9.53 Å². The van der Waals surface area contributed by atoms with E-state index in [2.05, 4.69) is 58.8 Å². The van der Waals surface area contributed by atoms with Crippen molar-refractivity contribution in [3.63, 3.8) is 0 Å². The number of carbonyl (C=O) groups excluding carboxylic acids is 1. The fraction of sp³-hybridized carbons (Fsp3) is 0.348. The van der Waals surface area contributed by atoms with E-state index in [1.807, 2.05) is 47.0 Å². The molecule has 142 valence electrons. The van der Waals surface area contributed by atoms with Crippen molar-refractivity contribution in [2.45, 2.75) is 38.3 Å². The minimum absolute atomic E-state index is 0.0450. The standard InChI is InChI=1S/C23H28N2O2/c1-23(2,3)27-22(26)24-21-19-9-7-6-8-16(19)12-15-20(21)17-10-13-18(14-11-17)25(4)5/h6-15,20-21H,1-5H3,(H,24,26)/t20-,21+/m1/s1. The van der Waals surface area contributed by atoms with E-state index >= 15 is 0 Å². The maximum atomic E-state index is 12.5. The molecule has 2 aromatic carbocycles. The molecule has 2 atom stereocenters.